The number of benzene rings is 2. The van der Waals surface area contributed by atoms with E-state index in [9.17, 15) is 0 Å². The molecule has 0 bridgehead atoms. The van der Waals surface area contributed by atoms with Crippen LogP contribution in [0.4, 0.5) is 0 Å². The second kappa shape index (κ2) is 7.79. The van der Waals surface area contributed by atoms with Crippen LogP contribution in [-0.4, -0.2) is 17.1 Å². The quantitative estimate of drug-likeness (QED) is 0.553. The van der Waals surface area contributed by atoms with E-state index in [-0.39, 0.29) is 0 Å². The lowest BCUT2D eigenvalue weighted by Crippen LogP contribution is -1.97. The van der Waals surface area contributed by atoms with Gasteiger partial charge in [-0.15, -0.1) is 0 Å². The number of ether oxygens (including phenoxy) is 1. The minimum absolute atomic E-state index is 0.692. The summed E-state index contributed by atoms with van der Waals surface area (Å²) in [4.78, 5) is 9.40. The molecule has 3 heteroatoms. The van der Waals surface area contributed by atoms with Gasteiger partial charge in [0, 0.05) is 16.7 Å². The van der Waals surface area contributed by atoms with E-state index in [0.29, 0.717) is 5.82 Å². The predicted molar refractivity (Wildman–Crippen MR) is 109 cm³/mol. The number of nitrogens with zero attached hydrogens (tertiary/aromatic N) is 2. The van der Waals surface area contributed by atoms with Crippen LogP contribution < -0.4 is 4.74 Å². The molecule has 1 heterocycles. The molecule has 0 radical (unpaired) electrons. The third-order valence-electron chi connectivity index (χ3n) is 4.24. The first-order chi connectivity index (χ1) is 12.7. The normalized spacial score (nSPS) is 11.9. The highest BCUT2D eigenvalue weighted by Gasteiger charge is 2.09. The van der Waals surface area contributed by atoms with Crippen LogP contribution in [0.15, 0.2) is 73.3 Å². The summed E-state index contributed by atoms with van der Waals surface area (Å²) < 4.78 is 5.33. The molecule has 130 valence electrons. The van der Waals surface area contributed by atoms with Gasteiger partial charge in [-0.1, -0.05) is 49.1 Å². The fourth-order valence-corrected chi connectivity index (χ4v) is 2.83. The third kappa shape index (κ3) is 3.57. The van der Waals surface area contributed by atoms with Crippen molar-refractivity contribution in [3.8, 4) is 16.9 Å². The predicted octanol–water partition coefficient (Wildman–Crippen LogP) is 5.76. The van der Waals surface area contributed by atoms with Gasteiger partial charge in [0.1, 0.15) is 5.75 Å². The molecular formula is C23H22N2O. The van der Waals surface area contributed by atoms with E-state index >= 15 is 0 Å². The average molecular weight is 342 g/mol. The number of rotatable bonds is 5. The summed E-state index contributed by atoms with van der Waals surface area (Å²) in [5, 5.41) is 1.04. The van der Waals surface area contributed by atoms with Gasteiger partial charge in [0.05, 0.1) is 12.6 Å². The molecule has 0 saturated heterocycles. The van der Waals surface area contributed by atoms with Gasteiger partial charge in [0.25, 0.3) is 0 Å². The molecule has 0 spiro atoms. The zero-order valence-corrected chi connectivity index (χ0v) is 15.4. The molecule has 0 amide bonds. The zero-order chi connectivity index (χ0) is 18.5. The van der Waals surface area contributed by atoms with Crippen molar-refractivity contribution in [3.63, 3.8) is 0 Å². The molecule has 0 atom stereocenters. The fraction of sp³-hybridized carbons (Fsp3) is 0.130. The number of allylic oxidation sites excluding steroid dienone is 5. The Balaban J connectivity index is 2.10. The van der Waals surface area contributed by atoms with Crippen molar-refractivity contribution < 1.29 is 4.74 Å². The number of aromatic nitrogens is 2. The molecule has 0 aliphatic carbocycles. The Morgan fingerprint density at radius 3 is 2.62 bits per heavy atom. The second-order valence-corrected chi connectivity index (χ2v) is 5.95. The summed E-state index contributed by atoms with van der Waals surface area (Å²) in [6.07, 6.45) is 7.69. The van der Waals surface area contributed by atoms with Gasteiger partial charge in [-0.25, -0.2) is 9.97 Å². The molecule has 3 rings (SSSR count). The maximum atomic E-state index is 5.33. The topological polar surface area (TPSA) is 35.0 Å². The molecule has 26 heavy (non-hydrogen) atoms. The average Bonchev–Trinajstić information content (AvgIpc) is 2.68. The van der Waals surface area contributed by atoms with Crippen molar-refractivity contribution in [3.05, 3.63) is 84.9 Å². The van der Waals surface area contributed by atoms with E-state index in [1.54, 1.807) is 13.2 Å². The first-order valence-corrected chi connectivity index (χ1v) is 8.55. The summed E-state index contributed by atoms with van der Waals surface area (Å²) in [5.74, 6) is 1.54. The standard InChI is InChI=1S/C23H22N2O/c1-5-7-9-17(6-2)23-24-16(3)21-15-19(12-13-22(21)25-23)18-10-8-11-20(14-18)26-4/h5-15H,2H2,1,3-4H3/b7-5-,17-9+. The van der Waals surface area contributed by atoms with Gasteiger partial charge < -0.3 is 4.74 Å². The van der Waals surface area contributed by atoms with Gasteiger partial charge in [-0.2, -0.15) is 0 Å². The van der Waals surface area contributed by atoms with Crippen molar-refractivity contribution in [1.82, 2.24) is 9.97 Å². The molecule has 0 saturated carbocycles. The molecule has 0 unspecified atom stereocenters. The summed E-state index contributed by atoms with van der Waals surface area (Å²) in [6.45, 7) is 7.87. The second-order valence-electron chi connectivity index (χ2n) is 5.95. The van der Waals surface area contributed by atoms with Crippen LogP contribution in [0.5, 0.6) is 5.75 Å². The monoisotopic (exact) mass is 342 g/mol. The van der Waals surface area contributed by atoms with Crippen LogP contribution >= 0.6 is 0 Å². The van der Waals surface area contributed by atoms with Crippen LogP contribution in [0.3, 0.4) is 0 Å². The summed E-state index contributed by atoms with van der Waals surface area (Å²) in [6, 6.07) is 14.3. The number of fused-ring (bicyclic) bond motifs is 1. The zero-order valence-electron chi connectivity index (χ0n) is 15.4. The van der Waals surface area contributed by atoms with Gasteiger partial charge in [-0.3, -0.25) is 0 Å². The first-order valence-electron chi connectivity index (χ1n) is 8.55. The van der Waals surface area contributed by atoms with Crippen molar-refractivity contribution in [2.75, 3.05) is 7.11 Å². The van der Waals surface area contributed by atoms with E-state index < -0.39 is 0 Å². The van der Waals surface area contributed by atoms with Crippen LogP contribution in [0.2, 0.25) is 0 Å². The minimum Gasteiger partial charge on any atom is -0.497 e. The Labute approximate surface area is 154 Å². The molecular weight excluding hydrogens is 320 g/mol. The number of methoxy groups -OCH3 is 1. The van der Waals surface area contributed by atoms with Crippen LogP contribution in [-0.2, 0) is 0 Å². The van der Waals surface area contributed by atoms with Crippen LogP contribution in [0.1, 0.15) is 18.4 Å². The van der Waals surface area contributed by atoms with Gasteiger partial charge in [-0.05, 0) is 49.2 Å². The summed E-state index contributed by atoms with van der Waals surface area (Å²) in [7, 11) is 1.68. The maximum Gasteiger partial charge on any atom is 0.160 e. The largest absolute Gasteiger partial charge is 0.497 e. The first kappa shape index (κ1) is 17.6. The molecule has 3 aromatic rings. The molecule has 0 aliphatic heterocycles. The van der Waals surface area contributed by atoms with Crippen molar-refractivity contribution in [1.29, 1.82) is 0 Å². The molecule has 3 nitrogen and oxygen atoms in total. The lowest BCUT2D eigenvalue weighted by atomic mass is 10.0. The molecule has 0 fully saturated rings. The van der Waals surface area contributed by atoms with Gasteiger partial charge >= 0.3 is 0 Å². The van der Waals surface area contributed by atoms with Gasteiger partial charge in [0.2, 0.25) is 0 Å². The summed E-state index contributed by atoms with van der Waals surface area (Å²) in [5.41, 5.74) is 5.00. The van der Waals surface area contributed by atoms with Crippen LogP contribution in [0, 0.1) is 6.92 Å². The Morgan fingerprint density at radius 1 is 1.08 bits per heavy atom. The Bertz CT molecular complexity index is 1020. The number of aryl methyl sites for hydroxylation is 1. The highest BCUT2D eigenvalue weighted by molar-refractivity contribution is 5.87. The fourth-order valence-electron chi connectivity index (χ4n) is 2.83. The van der Waals surface area contributed by atoms with E-state index in [4.69, 9.17) is 9.72 Å². The van der Waals surface area contributed by atoms with Crippen molar-refractivity contribution in [2.24, 2.45) is 0 Å². The molecule has 0 aliphatic rings. The SMILES string of the molecule is C=C/C(=C\C=C/C)c1nc(C)c2cc(-c3cccc(OC)c3)ccc2n1. The Hall–Kier alpha value is -3.20. The third-order valence-corrected chi connectivity index (χ3v) is 4.24. The molecule has 1 aromatic heterocycles. The lowest BCUT2D eigenvalue weighted by molar-refractivity contribution is 0.415. The Kier molecular flexibility index (Phi) is 5.28. The van der Waals surface area contributed by atoms with Crippen LogP contribution in [0.25, 0.3) is 27.6 Å². The minimum atomic E-state index is 0.692. The van der Waals surface area contributed by atoms with E-state index in [1.165, 1.54) is 0 Å². The van der Waals surface area contributed by atoms with Crippen molar-refractivity contribution in [2.45, 2.75) is 13.8 Å². The number of hydrogen-bond acceptors (Lipinski definition) is 3. The highest BCUT2D eigenvalue weighted by Crippen LogP contribution is 2.28. The summed E-state index contributed by atoms with van der Waals surface area (Å²) >= 11 is 0. The van der Waals surface area contributed by atoms with Gasteiger partial charge in [0.15, 0.2) is 5.82 Å². The van der Waals surface area contributed by atoms with E-state index in [1.807, 2.05) is 56.3 Å². The van der Waals surface area contributed by atoms with E-state index in [2.05, 4.69) is 29.8 Å². The van der Waals surface area contributed by atoms with E-state index in [0.717, 1.165) is 39.0 Å². The Morgan fingerprint density at radius 2 is 1.88 bits per heavy atom. The maximum absolute atomic E-state index is 5.33. The highest BCUT2D eigenvalue weighted by atomic mass is 16.5. The number of hydrogen-bond donors (Lipinski definition) is 0. The smallest absolute Gasteiger partial charge is 0.160 e. The van der Waals surface area contributed by atoms with Crippen molar-refractivity contribution >= 4 is 16.5 Å². The lowest BCUT2D eigenvalue weighted by Gasteiger charge is -2.09. The molecule has 0 N–H and O–H groups in total. The molecule has 2 aromatic carbocycles.